The molecule has 7 nitrogen and oxygen atoms in total. The van der Waals surface area contributed by atoms with Crippen molar-refractivity contribution in [3.05, 3.63) is 69.7 Å². The Balaban J connectivity index is 1.24. The molecule has 4 aromatic rings. The van der Waals surface area contributed by atoms with E-state index in [1.807, 2.05) is 35.2 Å². The van der Waals surface area contributed by atoms with E-state index >= 15 is 0 Å². The molecular formula is C31H33Cl2N5O2. The molecule has 0 unspecified atom stereocenters. The maximum Gasteiger partial charge on any atom is 0.253 e. The number of primary amides is 1. The first-order valence-corrected chi connectivity index (χ1v) is 14.7. The quantitative estimate of drug-likeness (QED) is 0.310. The minimum atomic E-state index is -0.534. The molecule has 3 N–H and O–H groups in total. The number of rotatable bonds is 6. The molecular weight excluding hydrogens is 545 g/mol. The molecule has 3 aromatic carbocycles. The van der Waals surface area contributed by atoms with E-state index in [-0.39, 0.29) is 5.91 Å². The summed E-state index contributed by atoms with van der Waals surface area (Å²) in [6, 6.07) is 14.8. The number of hydrogen-bond acceptors (Lipinski definition) is 4. The summed E-state index contributed by atoms with van der Waals surface area (Å²) in [5.41, 5.74) is 9.89. The summed E-state index contributed by atoms with van der Waals surface area (Å²) in [6.07, 6.45) is 3.97. The van der Waals surface area contributed by atoms with Crippen LogP contribution in [0.5, 0.6) is 0 Å². The third-order valence-corrected chi connectivity index (χ3v) is 9.05. The molecule has 2 saturated heterocycles. The maximum atomic E-state index is 13.5. The second-order valence-corrected chi connectivity index (χ2v) is 11.7. The van der Waals surface area contributed by atoms with Crippen LogP contribution in [0.25, 0.3) is 32.9 Å². The highest BCUT2D eigenvalue weighted by atomic mass is 35.5. The number of fused-ring (bicyclic) bond motifs is 3. The van der Waals surface area contributed by atoms with Crippen LogP contribution in [0.2, 0.25) is 10.0 Å². The number of nitrogens with two attached hydrogens (primary N) is 1. The number of aromatic amines is 1. The Morgan fingerprint density at radius 1 is 0.750 bits per heavy atom. The van der Waals surface area contributed by atoms with E-state index in [1.54, 1.807) is 18.2 Å². The average molecular weight is 579 g/mol. The first-order valence-electron chi connectivity index (χ1n) is 14.0. The van der Waals surface area contributed by atoms with Gasteiger partial charge in [0.25, 0.3) is 11.8 Å². The first kappa shape index (κ1) is 27.1. The van der Waals surface area contributed by atoms with Crippen molar-refractivity contribution >= 4 is 56.8 Å². The van der Waals surface area contributed by atoms with E-state index < -0.39 is 5.91 Å². The lowest BCUT2D eigenvalue weighted by Crippen LogP contribution is -2.50. The van der Waals surface area contributed by atoms with Gasteiger partial charge in [-0.15, -0.1) is 0 Å². The van der Waals surface area contributed by atoms with E-state index in [4.69, 9.17) is 28.9 Å². The third kappa shape index (κ3) is 5.44. The summed E-state index contributed by atoms with van der Waals surface area (Å²) >= 11 is 12.4. The summed E-state index contributed by atoms with van der Waals surface area (Å²) in [4.78, 5) is 36.3. The number of H-pyrrole nitrogens is 1. The Bertz CT molecular complexity index is 1590. The molecule has 2 aliphatic heterocycles. The summed E-state index contributed by atoms with van der Waals surface area (Å²) in [5, 5.41) is 2.58. The fraction of sp³-hybridized carbons (Fsp3) is 0.355. The van der Waals surface area contributed by atoms with Crippen molar-refractivity contribution in [1.29, 1.82) is 0 Å². The predicted octanol–water partition coefficient (Wildman–Crippen LogP) is 5.64. The Morgan fingerprint density at radius 3 is 2.17 bits per heavy atom. The number of hydrogen-bond donors (Lipinski definition) is 2. The predicted molar refractivity (Wildman–Crippen MR) is 162 cm³/mol. The van der Waals surface area contributed by atoms with Crippen molar-refractivity contribution in [2.45, 2.75) is 19.3 Å². The van der Waals surface area contributed by atoms with Gasteiger partial charge in [0.05, 0.1) is 21.1 Å². The van der Waals surface area contributed by atoms with E-state index in [2.05, 4.69) is 14.8 Å². The second-order valence-electron chi connectivity index (χ2n) is 10.9. The van der Waals surface area contributed by atoms with Gasteiger partial charge in [0.2, 0.25) is 0 Å². The van der Waals surface area contributed by atoms with Crippen LogP contribution >= 0.6 is 23.2 Å². The van der Waals surface area contributed by atoms with Gasteiger partial charge >= 0.3 is 0 Å². The number of carbonyl (C=O) groups excluding carboxylic acids is 2. The number of benzene rings is 3. The highest BCUT2D eigenvalue weighted by Gasteiger charge is 2.24. The molecule has 2 fully saturated rings. The van der Waals surface area contributed by atoms with E-state index in [0.717, 1.165) is 66.7 Å². The van der Waals surface area contributed by atoms with Gasteiger partial charge in [-0.1, -0.05) is 35.7 Å². The lowest BCUT2D eigenvalue weighted by molar-refractivity contribution is 0.0619. The molecule has 0 spiro atoms. The third-order valence-electron chi connectivity index (χ3n) is 8.31. The summed E-state index contributed by atoms with van der Waals surface area (Å²) in [7, 11) is 0. The topological polar surface area (TPSA) is 85.7 Å². The zero-order valence-electron chi connectivity index (χ0n) is 22.4. The number of amides is 2. The van der Waals surface area contributed by atoms with Crippen molar-refractivity contribution in [3.63, 3.8) is 0 Å². The molecule has 208 valence electrons. The molecule has 3 heterocycles. The van der Waals surface area contributed by atoms with Gasteiger partial charge in [-0.05, 0) is 79.5 Å². The molecule has 0 radical (unpaired) electrons. The fourth-order valence-corrected chi connectivity index (χ4v) is 6.29. The van der Waals surface area contributed by atoms with Crippen molar-refractivity contribution in [3.8, 4) is 11.1 Å². The van der Waals surface area contributed by atoms with Crippen molar-refractivity contribution < 1.29 is 9.59 Å². The number of aromatic nitrogens is 1. The van der Waals surface area contributed by atoms with Crippen molar-refractivity contribution in [2.24, 2.45) is 5.73 Å². The number of nitrogens with zero attached hydrogens (tertiary/aromatic N) is 3. The van der Waals surface area contributed by atoms with Crippen LogP contribution in [0.1, 0.15) is 40.0 Å². The van der Waals surface area contributed by atoms with E-state index in [9.17, 15) is 9.59 Å². The largest absolute Gasteiger partial charge is 0.366 e. The molecule has 0 aliphatic carbocycles. The molecule has 6 rings (SSSR count). The van der Waals surface area contributed by atoms with Crippen LogP contribution in [0.4, 0.5) is 0 Å². The van der Waals surface area contributed by atoms with Gasteiger partial charge in [-0.3, -0.25) is 14.5 Å². The second kappa shape index (κ2) is 11.4. The van der Waals surface area contributed by atoms with Crippen LogP contribution in [0, 0.1) is 0 Å². The SMILES string of the molecule is NC(=O)c1cc(-c2ccc(Cl)c(Cl)c2)cc2c1[nH]c1ccc(C(=O)N3CCN(CCN4CCCCC4)CC3)cc12. The first-order chi connectivity index (χ1) is 19.4. The lowest BCUT2D eigenvalue weighted by atomic mass is 9.98. The number of piperazine rings is 1. The Kier molecular flexibility index (Phi) is 7.73. The van der Waals surface area contributed by atoms with Gasteiger partial charge in [-0.25, -0.2) is 0 Å². The number of piperidine rings is 1. The van der Waals surface area contributed by atoms with Gasteiger partial charge in [0, 0.05) is 61.1 Å². The monoisotopic (exact) mass is 577 g/mol. The standard InChI is InChI=1S/C31H33Cl2N5O2/c32-26-6-4-20(19-27(26)33)22-17-24-23-16-21(5-7-28(23)35-29(24)25(18-22)30(34)39)31(40)38-14-12-37(13-15-38)11-10-36-8-2-1-3-9-36/h4-7,16-19,35H,1-3,8-15H2,(H2,34,39). The number of halogens is 2. The average Bonchev–Trinajstić information content (AvgIpc) is 3.35. The summed E-state index contributed by atoms with van der Waals surface area (Å²) in [6.45, 7) is 7.83. The van der Waals surface area contributed by atoms with E-state index in [1.165, 1.54) is 32.4 Å². The zero-order chi connectivity index (χ0) is 27.8. The van der Waals surface area contributed by atoms with Crippen molar-refractivity contribution in [1.82, 2.24) is 19.7 Å². The molecule has 2 amide bonds. The molecule has 0 atom stereocenters. The van der Waals surface area contributed by atoms with Gasteiger partial charge in [0.15, 0.2) is 0 Å². The van der Waals surface area contributed by atoms with Gasteiger partial charge < -0.3 is 20.5 Å². The minimum absolute atomic E-state index is 0.0303. The zero-order valence-corrected chi connectivity index (χ0v) is 23.9. The summed E-state index contributed by atoms with van der Waals surface area (Å²) < 4.78 is 0. The van der Waals surface area contributed by atoms with E-state index in [0.29, 0.717) is 26.7 Å². The Morgan fingerprint density at radius 2 is 1.48 bits per heavy atom. The molecule has 0 bridgehead atoms. The lowest BCUT2D eigenvalue weighted by Gasteiger charge is -2.36. The molecule has 1 aromatic heterocycles. The molecule has 2 aliphatic rings. The molecule has 0 saturated carbocycles. The van der Waals surface area contributed by atoms with Crippen LogP contribution in [-0.2, 0) is 0 Å². The fourth-order valence-electron chi connectivity index (χ4n) is 5.99. The molecule has 40 heavy (non-hydrogen) atoms. The Hall–Kier alpha value is -3.10. The smallest absolute Gasteiger partial charge is 0.253 e. The minimum Gasteiger partial charge on any atom is -0.366 e. The van der Waals surface area contributed by atoms with Crippen LogP contribution in [-0.4, -0.2) is 83.9 Å². The summed E-state index contributed by atoms with van der Waals surface area (Å²) in [5.74, 6) is -0.504. The van der Waals surface area contributed by atoms with Crippen LogP contribution < -0.4 is 5.73 Å². The normalized spacial score (nSPS) is 17.1. The van der Waals surface area contributed by atoms with Crippen molar-refractivity contribution in [2.75, 3.05) is 52.4 Å². The maximum absolute atomic E-state index is 13.5. The number of nitrogens with one attached hydrogen (secondary N) is 1. The highest BCUT2D eigenvalue weighted by molar-refractivity contribution is 6.42. The van der Waals surface area contributed by atoms with Gasteiger partial charge in [-0.2, -0.15) is 0 Å². The van der Waals surface area contributed by atoms with Crippen LogP contribution in [0.3, 0.4) is 0 Å². The highest BCUT2D eigenvalue weighted by Crippen LogP contribution is 2.35. The number of carbonyl (C=O) groups is 2. The Labute approximate surface area is 243 Å². The number of likely N-dealkylation sites (tertiary alicyclic amines) is 1. The van der Waals surface area contributed by atoms with Crippen LogP contribution in [0.15, 0.2) is 48.5 Å². The van der Waals surface area contributed by atoms with Gasteiger partial charge in [0.1, 0.15) is 0 Å². The molecule has 9 heteroatoms.